The van der Waals surface area contributed by atoms with Gasteiger partial charge in [0.15, 0.2) is 0 Å². The first-order chi connectivity index (χ1) is 16.8. The fraction of sp³-hybridized carbons (Fsp3) is 0.385. The van der Waals surface area contributed by atoms with Gasteiger partial charge in [0.1, 0.15) is 5.75 Å². The summed E-state index contributed by atoms with van der Waals surface area (Å²) in [6, 6.07) is 14.6. The molecule has 1 amide bonds. The van der Waals surface area contributed by atoms with Crippen LogP contribution in [0.15, 0.2) is 59.9 Å². The number of hydrogen-bond acceptors (Lipinski definition) is 6. The van der Waals surface area contributed by atoms with Crippen molar-refractivity contribution in [2.45, 2.75) is 49.8 Å². The molecule has 186 valence electrons. The zero-order valence-corrected chi connectivity index (χ0v) is 21.1. The van der Waals surface area contributed by atoms with Gasteiger partial charge in [0.05, 0.1) is 37.9 Å². The molecule has 0 N–H and O–H groups in total. The third-order valence-corrected chi connectivity index (χ3v) is 7.67. The van der Waals surface area contributed by atoms with Crippen molar-refractivity contribution in [2.24, 2.45) is 0 Å². The number of aryl methyl sites for hydroxylation is 1. The van der Waals surface area contributed by atoms with Crippen LogP contribution in [0.1, 0.15) is 40.0 Å². The molecule has 1 aliphatic carbocycles. The third kappa shape index (κ3) is 5.91. The van der Waals surface area contributed by atoms with Crippen molar-refractivity contribution < 1.29 is 22.7 Å². The molecular weight excluding hydrogens is 466 g/mol. The third-order valence-electron chi connectivity index (χ3n) is 6.07. The van der Waals surface area contributed by atoms with Crippen LogP contribution in [0.3, 0.4) is 0 Å². The first kappa shape index (κ1) is 24.9. The summed E-state index contributed by atoms with van der Waals surface area (Å²) in [5.74, 6) is 0.349. The summed E-state index contributed by atoms with van der Waals surface area (Å²) >= 11 is 0. The van der Waals surface area contributed by atoms with Crippen molar-refractivity contribution in [1.82, 2.24) is 14.5 Å². The van der Waals surface area contributed by atoms with Gasteiger partial charge in [0, 0.05) is 25.3 Å². The highest BCUT2D eigenvalue weighted by Gasteiger charge is 2.35. The van der Waals surface area contributed by atoms with E-state index in [-0.39, 0.29) is 29.4 Å². The number of imidazole rings is 1. The number of nitrogens with zero attached hydrogens (tertiary/aromatic N) is 3. The molecule has 1 heterocycles. The number of benzene rings is 2. The van der Waals surface area contributed by atoms with E-state index in [1.807, 2.05) is 31.2 Å². The molecule has 1 aliphatic rings. The molecule has 0 saturated heterocycles. The lowest BCUT2D eigenvalue weighted by Gasteiger charge is -2.24. The minimum absolute atomic E-state index is 0.00491. The maximum Gasteiger partial charge on any atom is 0.254 e. The number of aromatic nitrogens is 2. The molecule has 35 heavy (non-hydrogen) atoms. The van der Waals surface area contributed by atoms with Gasteiger partial charge in [-0.25, -0.2) is 13.4 Å². The minimum atomic E-state index is -3.71. The van der Waals surface area contributed by atoms with E-state index in [9.17, 15) is 13.2 Å². The monoisotopic (exact) mass is 497 g/mol. The Hall–Kier alpha value is -3.17. The van der Waals surface area contributed by atoms with Crippen LogP contribution in [-0.2, 0) is 33.4 Å². The molecule has 4 rings (SSSR count). The van der Waals surface area contributed by atoms with E-state index in [0.717, 1.165) is 18.4 Å². The van der Waals surface area contributed by atoms with Gasteiger partial charge in [-0.05, 0) is 43.5 Å². The van der Waals surface area contributed by atoms with Crippen LogP contribution in [-0.4, -0.2) is 55.6 Å². The first-order valence-corrected chi connectivity index (χ1v) is 13.2. The molecule has 3 aromatic rings. The summed E-state index contributed by atoms with van der Waals surface area (Å²) in [5.41, 5.74) is 2.96. The van der Waals surface area contributed by atoms with Crippen LogP contribution in [0.5, 0.6) is 5.75 Å². The van der Waals surface area contributed by atoms with Gasteiger partial charge in [-0.3, -0.25) is 4.79 Å². The van der Waals surface area contributed by atoms with E-state index in [0.29, 0.717) is 35.7 Å². The number of sulfone groups is 1. The van der Waals surface area contributed by atoms with Gasteiger partial charge in [0.2, 0.25) is 15.0 Å². The van der Waals surface area contributed by atoms with Crippen LogP contribution in [0, 0.1) is 6.92 Å². The lowest BCUT2D eigenvalue weighted by Crippen LogP contribution is -2.33. The number of rotatable bonds is 11. The highest BCUT2D eigenvalue weighted by Crippen LogP contribution is 2.31. The fourth-order valence-corrected chi connectivity index (χ4v) is 5.52. The SMILES string of the molecule is COCCn1c(CN(C(=O)c2cccc(OC)c2)C2CC2)cnc1S(=O)(=O)Cc1ccc(C)cc1. The van der Waals surface area contributed by atoms with Crippen LogP contribution >= 0.6 is 0 Å². The zero-order chi connectivity index (χ0) is 25.0. The van der Waals surface area contributed by atoms with Gasteiger partial charge in [-0.15, -0.1) is 0 Å². The summed E-state index contributed by atoms with van der Waals surface area (Å²) < 4.78 is 38.8. The topological polar surface area (TPSA) is 90.7 Å². The van der Waals surface area contributed by atoms with E-state index in [2.05, 4.69) is 4.98 Å². The Morgan fingerprint density at radius 1 is 1.14 bits per heavy atom. The quantitative estimate of drug-likeness (QED) is 0.402. The predicted octanol–water partition coefficient (Wildman–Crippen LogP) is 3.63. The maximum atomic E-state index is 13.4. The Morgan fingerprint density at radius 2 is 1.89 bits per heavy atom. The van der Waals surface area contributed by atoms with Gasteiger partial charge in [-0.1, -0.05) is 35.9 Å². The molecule has 0 bridgehead atoms. The summed E-state index contributed by atoms with van der Waals surface area (Å²) in [6.07, 6.45) is 3.40. The number of carbonyl (C=O) groups is 1. The normalized spacial score (nSPS) is 13.6. The van der Waals surface area contributed by atoms with Crippen molar-refractivity contribution in [3.05, 3.63) is 77.1 Å². The Balaban J connectivity index is 1.63. The fourth-order valence-electron chi connectivity index (χ4n) is 4.01. The highest BCUT2D eigenvalue weighted by atomic mass is 32.2. The summed E-state index contributed by atoms with van der Waals surface area (Å²) in [4.78, 5) is 19.5. The van der Waals surface area contributed by atoms with Crippen molar-refractivity contribution in [3.8, 4) is 5.75 Å². The second-order valence-electron chi connectivity index (χ2n) is 8.82. The van der Waals surface area contributed by atoms with Crippen LogP contribution in [0.2, 0.25) is 0 Å². The number of ether oxygens (including phenoxy) is 2. The largest absolute Gasteiger partial charge is 0.497 e. The Morgan fingerprint density at radius 3 is 2.54 bits per heavy atom. The zero-order valence-electron chi connectivity index (χ0n) is 20.3. The molecule has 9 heteroatoms. The number of carbonyl (C=O) groups excluding carboxylic acids is 1. The number of hydrogen-bond donors (Lipinski definition) is 0. The molecule has 2 aromatic carbocycles. The molecule has 0 spiro atoms. The van der Waals surface area contributed by atoms with Gasteiger partial charge in [-0.2, -0.15) is 0 Å². The van der Waals surface area contributed by atoms with Crippen LogP contribution in [0.4, 0.5) is 0 Å². The van der Waals surface area contributed by atoms with E-state index in [1.54, 1.807) is 54.1 Å². The average molecular weight is 498 g/mol. The molecule has 0 unspecified atom stereocenters. The Bertz CT molecular complexity index is 1280. The predicted molar refractivity (Wildman–Crippen MR) is 132 cm³/mol. The Labute approximate surface area is 206 Å². The van der Waals surface area contributed by atoms with Gasteiger partial charge < -0.3 is 18.9 Å². The van der Waals surface area contributed by atoms with Gasteiger partial charge in [0.25, 0.3) is 5.91 Å². The van der Waals surface area contributed by atoms with Crippen molar-refractivity contribution >= 4 is 15.7 Å². The van der Waals surface area contributed by atoms with E-state index >= 15 is 0 Å². The summed E-state index contributed by atoms with van der Waals surface area (Å²) in [5, 5.41) is -0.00491. The molecule has 0 radical (unpaired) electrons. The summed E-state index contributed by atoms with van der Waals surface area (Å²) in [7, 11) is -0.578. The lowest BCUT2D eigenvalue weighted by atomic mass is 10.1. The van der Waals surface area contributed by atoms with Gasteiger partial charge >= 0.3 is 0 Å². The molecule has 1 saturated carbocycles. The number of methoxy groups -OCH3 is 2. The van der Waals surface area contributed by atoms with E-state index in [1.165, 1.54) is 0 Å². The smallest absolute Gasteiger partial charge is 0.254 e. The lowest BCUT2D eigenvalue weighted by molar-refractivity contribution is 0.0724. The molecule has 0 aliphatic heterocycles. The Kier molecular flexibility index (Phi) is 7.57. The van der Waals surface area contributed by atoms with E-state index < -0.39 is 9.84 Å². The standard InChI is InChI=1S/C26H31N3O5S/c1-19-7-9-20(10-8-19)18-35(31,32)26-27-16-23(28(26)13-14-33-2)17-29(22-11-12-22)25(30)21-5-4-6-24(15-21)34-3/h4-10,15-16,22H,11-14,17-18H2,1-3H3. The van der Waals surface area contributed by atoms with Crippen LogP contribution < -0.4 is 4.74 Å². The van der Waals surface area contributed by atoms with Crippen molar-refractivity contribution in [2.75, 3.05) is 20.8 Å². The second-order valence-corrected chi connectivity index (χ2v) is 10.7. The number of amides is 1. The molecular formula is C26H31N3O5S. The maximum absolute atomic E-state index is 13.4. The molecule has 1 aromatic heterocycles. The average Bonchev–Trinajstić information content (AvgIpc) is 3.61. The first-order valence-electron chi connectivity index (χ1n) is 11.6. The minimum Gasteiger partial charge on any atom is -0.497 e. The van der Waals surface area contributed by atoms with Crippen LogP contribution in [0.25, 0.3) is 0 Å². The summed E-state index contributed by atoms with van der Waals surface area (Å²) in [6.45, 7) is 2.86. The molecule has 1 fully saturated rings. The van der Waals surface area contributed by atoms with Crippen molar-refractivity contribution in [3.63, 3.8) is 0 Å². The van der Waals surface area contributed by atoms with E-state index in [4.69, 9.17) is 9.47 Å². The highest BCUT2D eigenvalue weighted by molar-refractivity contribution is 7.90. The van der Waals surface area contributed by atoms with Crippen molar-refractivity contribution in [1.29, 1.82) is 0 Å². The second kappa shape index (κ2) is 10.6. The molecule has 8 nitrogen and oxygen atoms in total. The molecule has 0 atom stereocenters.